The van der Waals surface area contributed by atoms with Crippen molar-refractivity contribution in [1.82, 2.24) is 4.90 Å². The van der Waals surface area contributed by atoms with Gasteiger partial charge >= 0.3 is 0 Å². The number of hydrogen-bond donors (Lipinski definition) is 1. The predicted octanol–water partition coefficient (Wildman–Crippen LogP) is 2.81. The highest BCUT2D eigenvalue weighted by molar-refractivity contribution is 6.31. The summed E-state index contributed by atoms with van der Waals surface area (Å²) in [6.07, 6.45) is 2.91. The van der Waals surface area contributed by atoms with E-state index < -0.39 is 0 Å². The molecule has 0 bridgehead atoms. The van der Waals surface area contributed by atoms with Crippen LogP contribution < -0.4 is 5.73 Å². The average Bonchev–Trinajstić information content (AvgIpc) is 2.90. The molecule has 1 fully saturated rings. The molecule has 1 aromatic rings. The third-order valence-corrected chi connectivity index (χ3v) is 4.47. The Morgan fingerprint density at radius 3 is 2.90 bits per heavy atom. The highest BCUT2D eigenvalue weighted by Gasteiger charge is 2.33. The molecule has 5 heteroatoms. The molecule has 0 aromatic heterocycles. The van der Waals surface area contributed by atoms with Gasteiger partial charge < -0.3 is 10.6 Å². The molecule has 0 radical (unpaired) electrons. The minimum Gasteiger partial charge on any atom is -0.341 e. The van der Waals surface area contributed by atoms with E-state index in [2.05, 4.69) is 0 Å². The second-order valence-electron chi connectivity index (χ2n) is 5.43. The average molecular weight is 299 g/mol. The fourth-order valence-electron chi connectivity index (χ4n) is 2.93. The van der Waals surface area contributed by atoms with E-state index in [9.17, 15) is 9.18 Å². The maximum Gasteiger partial charge on any atom is 0.226 e. The number of amides is 1. The van der Waals surface area contributed by atoms with E-state index in [0.29, 0.717) is 17.1 Å². The summed E-state index contributed by atoms with van der Waals surface area (Å²) >= 11 is 6.00. The van der Waals surface area contributed by atoms with Crippen molar-refractivity contribution < 1.29 is 9.18 Å². The molecule has 1 saturated carbocycles. The highest BCUT2D eigenvalue weighted by Crippen LogP contribution is 2.32. The maximum absolute atomic E-state index is 13.8. The Bertz CT molecular complexity index is 475. The van der Waals surface area contributed by atoms with Gasteiger partial charge in [-0.3, -0.25) is 4.79 Å². The molecule has 0 aliphatic heterocycles. The summed E-state index contributed by atoms with van der Waals surface area (Å²) < 4.78 is 13.8. The van der Waals surface area contributed by atoms with Crippen LogP contribution in [0, 0.1) is 17.7 Å². The normalized spacial score (nSPS) is 22.0. The lowest BCUT2D eigenvalue weighted by Crippen LogP contribution is -2.36. The fourth-order valence-corrected chi connectivity index (χ4v) is 3.15. The number of halogens is 2. The molecule has 1 aliphatic carbocycles. The number of rotatable bonds is 4. The Hall–Kier alpha value is -1.13. The van der Waals surface area contributed by atoms with Crippen molar-refractivity contribution in [2.45, 2.75) is 25.8 Å². The summed E-state index contributed by atoms with van der Waals surface area (Å²) in [5.74, 6) is -0.118. The van der Waals surface area contributed by atoms with Crippen LogP contribution in [0.1, 0.15) is 24.8 Å². The minimum absolute atomic E-state index is 0.0319. The van der Waals surface area contributed by atoms with Crippen LogP contribution in [-0.4, -0.2) is 24.4 Å². The largest absolute Gasteiger partial charge is 0.341 e. The SMILES string of the molecule is CN(Cc1c(F)cccc1Cl)C(=O)C1CCCC1CN. The Morgan fingerprint density at radius 2 is 2.25 bits per heavy atom. The number of carbonyl (C=O) groups excluding carboxylic acids is 1. The van der Waals surface area contributed by atoms with E-state index in [0.717, 1.165) is 19.3 Å². The standard InChI is InChI=1S/C15H20ClFN2O/c1-19(9-12-13(16)6-3-7-14(12)17)15(20)11-5-2-4-10(11)8-18/h3,6-7,10-11H,2,4-5,8-9,18H2,1H3. The lowest BCUT2D eigenvalue weighted by Gasteiger charge is -2.25. The van der Waals surface area contributed by atoms with Crippen LogP contribution in [0.25, 0.3) is 0 Å². The van der Waals surface area contributed by atoms with E-state index in [1.807, 2.05) is 0 Å². The van der Waals surface area contributed by atoms with Gasteiger partial charge in [-0.25, -0.2) is 4.39 Å². The number of nitrogens with zero attached hydrogens (tertiary/aromatic N) is 1. The van der Waals surface area contributed by atoms with Crippen LogP contribution in [0.4, 0.5) is 4.39 Å². The Balaban J connectivity index is 2.08. The van der Waals surface area contributed by atoms with Crippen molar-refractivity contribution >= 4 is 17.5 Å². The van der Waals surface area contributed by atoms with Gasteiger partial charge in [-0.2, -0.15) is 0 Å². The summed E-state index contributed by atoms with van der Waals surface area (Å²) in [5.41, 5.74) is 6.08. The molecule has 0 heterocycles. The molecule has 0 spiro atoms. The van der Waals surface area contributed by atoms with Gasteiger partial charge in [0.05, 0.1) is 0 Å². The summed E-state index contributed by atoms with van der Waals surface area (Å²) in [4.78, 5) is 14.0. The van der Waals surface area contributed by atoms with Crippen LogP contribution in [0.2, 0.25) is 5.02 Å². The molecule has 1 aromatic carbocycles. The summed E-state index contributed by atoms with van der Waals surface area (Å²) in [7, 11) is 1.69. The summed E-state index contributed by atoms with van der Waals surface area (Å²) in [5, 5.41) is 0.353. The first-order chi connectivity index (χ1) is 9.54. The van der Waals surface area contributed by atoms with E-state index >= 15 is 0 Å². The maximum atomic E-state index is 13.8. The molecule has 1 aliphatic rings. The first-order valence-electron chi connectivity index (χ1n) is 6.92. The fraction of sp³-hybridized carbons (Fsp3) is 0.533. The second-order valence-corrected chi connectivity index (χ2v) is 5.83. The highest BCUT2D eigenvalue weighted by atomic mass is 35.5. The third-order valence-electron chi connectivity index (χ3n) is 4.11. The molecular formula is C15H20ClFN2O. The van der Waals surface area contributed by atoms with Gasteiger partial charge in [0.2, 0.25) is 5.91 Å². The van der Waals surface area contributed by atoms with Gasteiger partial charge in [-0.15, -0.1) is 0 Å². The van der Waals surface area contributed by atoms with Crippen molar-refractivity contribution in [3.63, 3.8) is 0 Å². The van der Waals surface area contributed by atoms with Crippen molar-refractivity contribution in [2.24, 2.45) is 17.6 Å². The lowest BCUT2D eigenvalue weighted by atomic mass is 9.94. The summed E-state index contributed by atoms with van der Waals surface area (Å²) in [6.45, 7) is 0.725. The second kappa shape index (κ2) is 6.55. The zero-order valence-electron chi connectivity index (χ0n) is 11.6. The first kappa shape index (κ1) is 15.3. The minimum atomic E-state index is -0.376. The molecule has 0 saturated heterocycles. The summed E-state index contributed by atoms with van der Waals surface area (Å²) in [6, 6.07) is 4.55. The molecule has 2 N–H and O–H groups in total. The molecular weight excluding hydrogens is 279 g/mol. The van der Waals surface area contributed by atoms with Crippen LogP contribution in [0.3, 0.4) is 0 Å². The molecule has 2 unspecified atom stereocenters. The van der Waals surface area contributed by atoms with Crippen LogP contribution in [0.15, 0.2) is 18.2 Å². The van der Waals surface area contributed by atoms with Gasteiger partial charge in [0.15, 0.2) is 0 Å². The lowest BCUT2D eigenvalue weighted by molar-refractivity contribution is -0.135. The Kier molecular flexibility index (Phi) is 5.00. The third kappa shape index (κ3) is 3.13. The molecule has 20 heavy (non-hydrogen) atoms. The zero-order valence-corrected chi connectivity index (χ0v) is 12.4. The molecule has 3 nitrogen and oxygen atoms in total. The van der Waals surface area contributed by atoms with Crippen molar-refractivity contribution in [3.8, 4) is 0 Å². The zero-order chi connectivity index (χ0) is 14.7. The van der Waals surface area contributed by atoms with E-state index in [4.69, 9.17) is 17.3 Å². The van der Waals surface area contributed by atoms with Gasteiger partial charge in [-0.1, -0.05) is 24.1 Å². The smallest absolute Gasteiger partial charge is 0.226 e. The van der Waals surface area contributed by atoms with Crippen molar-refractivity contribution in [2.75, 3.05) is 13.6 Å². The molecule has 1 amide bonds. The van der Waals surface area contributed by atoms with E-state index in [-0.39, 0.29) is 30.1 Å². The van der Waals surface area contributed by atoms with Gasteiger partial charge in [0.1, 0.15) is 5.82 Å². The van der Waals surface area contributed by atoms with Gasteiger partial charge in [0, 0.05) is 30.1 Å². The number of carbonyl (C=O) groups is 1. The Labute approximate surface area is 123 Å². The number of hydrogen-bond acceptors (Lipinski definition) is 2. The molecule has 110 valence electrons. The monoisotopic (exact) mass is 298 g/mol. The quantitative estimate of drug-likeness (QED) is 0.929. The van der Waals surface area contributed by atoms with Crippen LogP contribution in [0.5, 0.6) is 0 Å². The van der Waals surface area contributed by atoms with Crippen LogP contribution >= 0.6 is 11.6 Å². The van der Waals surface area contributed by atoms with Crippen molar-refractivity contribution in [1.29, 1.82) is 0 Å². The van der Waals surface area contributed by atoms with Crippen molar-refractivity contribution in [3.05, 3.63) is 34.6 Å². The predicted molar refractivity (Wildman–Crippen MR) is 77.8 cm³/mol. The molecule has 2 rings (SSSR count). The molecule has 2 atom stereocenters. The van der Waals surface area contributed by atoms with Crippen LogP contribution in [-0.2, 0) is 11.3 Å². The van der Waals surface area contributed by atoms with Gasteiger partial charge in [-0.05, 0) is 37.4 Å². The van der Waals surface area contributed by atoms with E-state index in [1.54, 1.807) is 24.1 Å². The number of benzene rings is 1. The van der Waals surface area contributed by atoms with Gasteiger partial charge in [0.25, 0.3) is 0 Å². The van der Waals surface area contributed by atoms with E-state index in [1.165, 1.54) is 6.07 Å². The Morgan fingerprint density at radius 1 is 1.50 bits per heavy atom. The number of nitrogens with two attached hydrogens (primary N) is 1. The topological polar surface area (TPSA) is 46.3 Å². The first-order valence-corrected chi connectivity index (χ1v) is 7.30.